The van der Waals surface area contributed by atoms with E-state index in [1.165, 1.54) is 0 Å². The molecule has 2 heterocycles. The lowest BCUT2D eigenvalue weighted by atomic mass is 9.90. The Balaban J connectivity index is 1.69. The predicted molar refractivity (Wildman–Crippen MR) is 89.3 cm³/mol. The van der Waals surface area contributed by atoms with Crippen LogP contribution in [-0.2, 0) is 7.05 Å². The van der Waals surface area contributed by atoms with Crippen molar-refractivity contribution in [2.45, 2.75) is 18.9 Å². The summed E-state index contributed by atoms with van der Waals surface area (Å²) in [5.74, 6) is 0.901. The number of aliphatic hydroxyl groups excluding tert-OH is 1. The van der Waals surface area contributed by atoms with E-state index in [1.54, 1.807) is 12.3 Å². The number of rotatable bonds is 3. The third-order valence-corrected chi connectivity index (χ3v) is 4.76. The molecule has 2 aromatic rings. The number of hydrogen-bond donors (Lipinski definition) is 1. The average Bonchev–Trinajstić information content (AvgIpc) is 3.00. The SMILES string of the molecule is Cn1ccnc1C(O)C1CCN(c2ccc(Cl)cc2C#N)CC1. The standard InChI is InChI=1S/C17H19ClN4O/c1-21-9-6-20-17(21)16(23)12-4-7-22(8-5-12)15-3-2-14(18)10-13(15)11-19/h2-3,6,9-10,12,16,23H,4-5,7-8H2,1H3. The molecule has 1 unspecified atom stereocenters. The highest BCUT2D eigenvalue weighted by Crippen LogP contribution is 2.33. The number of benzene rings is 1. The van der Waals surface area contributed by atoms with Gasteiger partial charge in [-0.05, 0) is 37.0 Å². The number of piperidine rings is 1. The van der Waals surface area contributed by atoms with Crippen LogP contribution in [-0.4, -0.2) is 27.7 Å². The van der Waals surface area contributed by atoms with Gasteiger partial charge in [0.15, 0.2) is 0 Å². The van der Waals surface area contributed by atoms with Crippen LogP contribution >= 0.6 is 11.6 Å². The van der Waals surface area contributed by atoms with Crippen molar-refractivity contribution in [3.05, 3.63) is 47.0 Å². The quantitative estimate of drug-likeness (QED) is 0.939. The maximum Gasteiger partial charge on any atom is 0.137 e. The van der Waals surface area contributed by atoms with E-state index in [0.29, 0.717) is 16.4 Å². The molecule has 120 valence electrons. The molecule has 0 spiro atoms. The fourth-order valence-electron chi connectivity index (χ4n) is 3.20. The molecule has 1 N–H and O–H groups in total. The molecule has 5 nitrogen and oxygen atoms in total. The number of imidazole rings is 1. The van der Waals surface area contributed by atoms with Gasteiger partial charge in [0.05, 0.1) is 11.3 Å². The minimum Gasteiger partial charge on any atom is -0.385 e. The number of aromatic nitrogens is 2. The van der Waals surface area contributed by atoms with Gasteiger partial charge in [-0.2, -0.15) is 5.26 Å². The Bertz CT molecular complexity index is 728. The lowest BCUT2D eigenvalue weighted by Gasteiger charge is -2.35. The zero-order chi connectivity index (χ0) is 16.4. The largest absolute Gasteiger partial charge is 0.385 e. The number of aliphatic hydroxyl groups is 1. The number of anilines is 1. The first-order valence-corrected chi connectivity index (χ1v) is 8.08. The van der Waals surface area contributed by atoms with E-state index < -0.39 is 6.10 Å². The van der Waals surface area contributed by atoms with Gasteiger partial charge in [0.25, 0.3) is 0 Å². The Morgan fingerprint density at radius 1 is 1.39 bits per heavy atom. The monoisotopic (exact) mass is 330 g/mol. The second-order valence-corrected chi connectivity index (χ2v) is 6.38. The molecule has 1 atom stereocenters. The molecule has 1 aliphatic rings. The summed E-state index contributed by atoms with van der Waals surface area (Å²) in [5, 5.41) is 20.4. The Labute approximate surface area is 140 Å². The molecule has 1 aliphatic heterocycles. The van der Waals surface area contributed by atoms with Crippen LogP contribution in [0.15, 0.2) is 30.6 Å². The van der Waals surface area contributed by atoms with Crippen molar-refractivity contribution in [1.82, 2.24) is 9.55 Å². The van der Waals surface area contributed by atoms with Gasteiger partial charge in [0.1, 0.15) is 18.0 Å². The van der Waals surface area contributed by atoms with E-state index >= 15 is 0 Å². The smallest absolute Gasteiger partial charge is 0.137 e. The average molecular weight is 331 g/mol. The Morgan fingerprint density at radius 3 is 2.74 bits per heavy atom. The first kappa shape index (κ1) is 15.9. The maximum absolute atomic E-state index is 10.5. The molecular formula is C17H19ClN4O. The van der Waals surface area contributed by atoms with Crippen molar-refractivity contribution in [1.29, 1.82) is 5.26 Å². The van der Waals surface area contributed by atoms with E-state index in [1.807, 2.05) is 29.9 Å². The zero-order valence-corrected chi connectivity index (χ0v) is 13.7. The molecule has 0 bridgehead atoms. The summed E-state index contributed by atoms with van der Waals surface area (Å²) < 4.78 is 1.87. The van der Waals surface area contributed by atoms with Gasteiger partial charge >= 0.3 is 0 Å². The lowest BCUT2D eigenvalue weighted by Crippen LogP contribution is -2.36. The normalized spacial score (nSPS) is 17.0. The number of halogens is 1. The summed E-state index contributed by atoms with van der Waals surface area (Å²) in [4.78, 5) is 6.44. The summed E-state index contributed by atoms with van der Waals surface area (Å²) in [7, 11) is 1.90. The van der Waals surface area contributed by atoms with Crippen molar-refractivity contribution in [3.63, 3.8) is 0 Å². The summed E-state index contributed by atoms with van der Waals surface area (Å²) in [6, 6.07) is 7.62. The third-order valence-electron chi connectivity index (χ3n) is 4.53. The highest BCUT2D eigenvalue weighted by Gasteiger charge is 2.29. The molecular weight excluding hydrogens is 312 g/mol. The summed E-state index contributed by atoms with van der Waals surface area (Å²) in [6.07, 6.45) is 4.74. The van der Waals surface area contributed by atoms with Crippen LogP contribution in [0.2, 0.25) is 5.02 Å². The van der Waals surface area contributed by atoms with Crippen LogP contribution in [0.1, 0.15) is 30.3 Å². The van der Waals surface area contributed by atoms with Crippen molar-refractivity contribution >= 4 is 17.3 Å². The van der Waals surface area contributed by atoms with E-state index in [0.717, 1.165) is 31.6 Å². The van der Waals surface area contributed by atoms with Crippen LogP contribution in [0, 0.1) is 17.2 Å². The summed E-state index contributed by atoms with van der Waals surface area (Å²) in [6.45, 7) is 1.62. The van der Waals surface area contributed by atoms with E-state index in [9.17, 15) is 10.4 Å². The number of hydrogen-bond acceptors (Lipinski definition) is 4. The predicted octanol–water partition coefficient (Wildman–Crippen LogP) is 2.90. The Kier molecular flexibility index (Phi) is 4.56. The molecule has 1 aromatic heterocycles. The fraction of sp³-hybridized carbons (Fsp3) is 0.412. The Morgan fingerprint density at radius 2 is 2.13 bits per heavy atom. The molecule has 1 fully saturated rings. The van der Waals surface area contributed by atoms with Gasteiger partial charge in [-0.3, -0.25) is 0 Å². The molecule has 0 aliphatic carbocycles. The highest BCUT2D eigenvalue weighted by atomic mass is 35.5. The van der Waals surface area contributed by atoms with Crippen molar-refractivity contribution in [2.75, 3.05) is 18.0 Å². The second kappa shape index (κ2) is 6.61. The topological polar surface area (TPSA) is 65.1 Å². The number of nitrogens with zero attached hydrogens (tertiary/aromatic N) is 4. The van der Waals surface area contributed by atoms with E-state index in [4.69, 9.17) is 11.6 Å². The third kappa shape index (κ3) is 3.19. The van der Waals surface area contributed by atoms with E-state index in [2.05, 4.69) is 16.0 Å². The van der Waals surface area contributed by atoms with Crippen LogP contribution < -0.4 is 4.90 Å². The van der Waals surface area contributed by atoms with Gasteiger partial charge in [-0.25, -0.2) is 4.98 Å². The van der Waals surface area contributed by atoms with Crippen molar-refractivity contribution in [3.8, 4) is 6.07 Å². The fourth-order valence-corrected chi connectivity index (χ4v) is 3.37. The van der Waals surface area contributed by atoms with Crippen molar-refractivity contribution < 1.29 is 5.11 Å². The highest BCUT2D eigenvalue weighted by molar-refractivity contribution is 6.30. The van der Waals surface area contributed by atoms with Gasteiger partial charge in [0, 0.05) is 37.6 Å². The minimum atomic E-state index is -0.544. The van der Waals surface area contributed by atoms with Crippen LogP contribution in [0.5, 0.6) is 0 Å². The molecule has 0 radical (unpaired) electrons. The van der Waals surface area contributed by atoms with Gasteiger partial charge < -0.3 is 14.6 Å². The number of aryl methyl sites for hydroxylation is 1. The van der Waals surface area contributed by atoms with Crippen molar-refractivity contribution in [2.24, 2.45) is 13.0 Å². The van der Waals surface area contributed by atoms with Gasteiger partial charge in [0.2, 0.25) is 0 Å². The molecule has 1 saturated heterocycles. The molecule has 1 aromatic carbocycles. The Hall–Kier alpha value is -2.03. The van der Waals surface area contributed by atoms with E-state index in [-0.39, 0.29) is 5.92 Å². The van der Waals surface area contributed by atoms with Gasteiger partial charge in [-0.15, -0.1) is 0 Å². The van der Waals surface area contributed by atoms with Gasteiger partial charge in [-0.1, -0.05) is 11.6 Å². The first-order valence-electron chi connectivity index (χ1n) is 7.70. The maximum atomic E-state index is 10.5. The van der Waals surface area contributed by atoms with Crippen LogP contribution in [0.25, 0.3) is 0 Å². The molecule has 23 heavy (non-hydrogen) atoms. The zero-order valence-electron chi connectivity index (χ0n) is 13.0. The molecule has 6 heteroatoms. The minimum absolute atomic E-state index is 0.185. The molecule has 0 amide bonds. The number of nitriles is 1. The van der Waals surface area contributed by atoms with Crippen LogP contribution in [0.4, 0.5) is 5.69 Å². The summed E-state index contributed by atoms with van der Waals surface area (Å²) in [5.41, 5.74) is 1.52. The summed E-state index contributed by atoms with van der Waals surface area (Å²) >= 11 is 5.96. The first-order chi connectivity index (χ1) is 11.1. The molecule has 3 rings (SSSR count). The molecule has 0 saturated carbocycles. The lowest BCUT2D eigenvalue weighted by molar-refractivity contribution is 0.0825. The second-order valence-electron chi connectivity index (χ2n) is 5.94. The van der Waals surface area contributed by atoms with Crippen LogP contribution in [0.3, 0.4) is 0 Å².